The zero-order valence-corrected chi connectivity index (χ0v) is 16.5. The van der Waals surface area contributed by atoms with Gasteiger partial charge < -0.3 is 4.90 Å². The summed E-state index contributed by atoms with van der Waals surface area (Å²) in [5.74, 6) is -1.17. The zero-order valence-electron chi connectivity index (χ0n) is 16.5. The smallest absolute Gasteiger partial charge is 0.130 e. The quantitative estimate of drug-likeness (QED) is 0.574. The molecule has 0 saturated heterocycles. The van der Waals surface area contributed by atoms with Gasteiger partial charge in [-0.15, -0.1) is 0 Å². The lowest BCUT2D eigenvalue weighted by molar-refractivity contribution is 0.263. The van der Waals surface area contributed by atoms with E-state index < -0.39 is 17.0 Å². The van der Waals surface area contributed by atoms with E-state index in [1.165, 1.54) is 23.8 Å². The molecule has 0 N–H and O–H groups in total. The van der Waals surface area contributed by atoms with Crippen molar-refractivity contribution in [2.24, 2.45) is 5.92 Å². The number of rotatable bonds is 8. The van der Waals surface area contributed by atoms with Gasteiger partial charge in [-0.1, -0.05) is 49.2 Å². The third-order valence-corrected chi connectivity index (χ3v) is 6.07. The highest BCUT2D eigenvalue weighted by Gasteiger charge is 2.45. The topological polar surface area (TPSA) is 27.0 Å². The van der Waals surface area contributed by atoms with Crippen LogP contribution in [0.3, 0.4) is 0 Å². The van der Waals surface area contributed by atoms with Crippen LogP contribution in [-0.2, 0) is 12.0 Å². The highest BCUT2D eigenvalue weighted by molar-refractivity contribution is 5.36. The van der Waals surface area contributed by atoms with Crippen molar-refractivity contribution >= 4 is 0 Å². The van der Waals surface area contributed by atoms with Crippen molar-refractivity contribution in [2.45, 2.75) is 50.5 Å². The van der Waals surface area contributed by atoms with Crippen molar-refractivity contribution in [3.63, 3.8) is 0 Å². The molecule has 1 aliphatic rings. The van der Waals surface area contributed by atoms with Gasteiger partial charge in [0.05, 0.1) is 11.5 Å². The summed E-state index contributed by atoms with van der Waals surface area (Å²) in [6.07, 6.45) is 4.98. The fourth-order valence-electron chi connectivity index (χ4n) is 4.68. The van der Waals surface area contributed by atoms with Crippen LogP contribution >= 0.6 is 0 Å². The molecule has 1 fully saturated rings. The molecule has 1 atom stereocenters. The molecule has 28 heavy (non-hydrogen) atoms. The van der Waals surface area contributed by atoms with Crippen molar-refractivity contribution in [1.29, 1.82) is 5.26 Å². The Hall–Kier alpha value is -2.25. The van der Waals surface area contributed by atoms with Gasteiger partial charge in [0.15, 0.2) is 0 Å². The SMILES string of the molecule is CN(CCCC(C#N)(c1c(F)cccc1F)C1CCCC1)Cc1ccccc1. The zero-order chi connectivity index (χ0) is 20.0. The van der Waals surface area contributed by atoms with Crippen LogP contribution in [0.2, 0.25) is 0 Å². The van der Waals surface area contributed by atoms with Gasteiger partial charge in [-0.05, 0) is 62.9 Å². The van der Waals surface area contributed by atoms with Gasteiger partial charge in [-0.3, -0.25) is 0 Å². The summed E-state index contributed by atoms with van der Waals surface area (Å²) < 4.78 is 29.3. The van der Waals surface area contributed by atoms with Crippen molar-refractivity contribution in [3.05, 3.63) is 71.3 Å². The maximum atomic E-state index is 14.7. The molecule has 0 amide bonds. The second-order valence-electron chi connectivity index (χ2n) is 7.99. The summed E-state index contributed by atoms with van der Waals surface area (Å²) >= 11 is 0. The molecule has 2 aromatic rings. The Morgan fingerprint density at radius 2 is 1.68 bits per heavy atom. The Balaban J connectivity index is 1.76. The van der Waals surface area contributed by atoms with E-state index in [1.807, 2.05) is 25.2 Å². The van der Waals surface area contributed by atoms with Crippen LogP contribution in [0.4, 0.5) is 8.78 Å². The molecule has 0 spiro atoms. The molecule has 0 aliphatic heterocycles. The Morgan fingerprint density at radius 3 is 2.29 bits per heavy atom. The maximum absolute atomic E-state index is 14.7. The van der Waals surface area contributed by atoms with Crippen molar-refractivity contribution < 1.29 is 8.78 Å². The number of nitrogens with zero attached hydrogens (tertiary/aromatic N) is 2. The van der Waals surface area contributed by atoms with Gasteiger partial charge in [0.1, 0.15) is 11.6 Å². The first kappa shape index (κ1) is 20.5. The minimum absolute atomic E-state index is 0.0170. The molecule has 1 aliphatic carbocycles. The number of hydrogen-bond acceptors (Lipinski definition) is 2. The average molecular weight is 382 g/mol. The maximum Gasteiger partial charge on any atom is 0.130 e. The fourth-order valence-corrected chi connectivity index (χ4v) is 4.68. The van der Waals surface area contributed by atoms with Crippen molar-refractivity contribution in [2.75, 3.05) is 13.6 Å². The number of hydrogen-bond donors (Lipinski definition) is 0. The monoisotopic (exact) mass is 382 g/mol. The average Bonchev–Trinajstić information content (AvgIpc) is 3.22. The predicted molar refractivity (Wildman–Crippen MR) is 108 cm³/mol. The summed E-state index contributed by atoms with van der Waals surface area (Å²) in [6.45, 7) is 1.60. The van der Waals surface area contributed by atoms with Gasteiger partial charge in [0.2, 0.25) is 0 Å². The lowest BCUT2D eigenvalue weighted by Crippen LogP contribution is -2.35. The molecule has 148 valence electrons. The van der Waals surface area contributed by atoms with E-state index in [2.05, 4.69) is 23.1 Å². The highest BCUT2D eigenvalue weighted by atomic mass is 19.1. The Labute approximate surface area is 166 Å². The first-order valence-electron chi connectivity index (χ1n) is 10.1. The Morgan fingerprint density at radius 1 is 1.04 bits per heavy atom. The molecule has 0 bridgehead atoms. The molecule has 3 rings (SSSR count). The van der Waals surface area contributed by atoms with Crippen LogP contribution in [0.1, 0.15) is 49.7 Å². The molecule has 0 radical (unpaired) electrons. The first-order valence-corrected chi connectivity index (χ1v) is 10.1. The van der Waals surface area contributed by atoms with E-state index in [9.17, 15) is 14.0 Å². The molecule has 2 nitrogen and oxygen atoms in total. The summed E-state index contributed by atoms with van der Waals surface area (Å²) in [7, 11) is 2.04. The summed E-state index contributed by atoms with van der Waals surface area (Å²) in [5.41, 5.74) is 0.127. The van der Waals surface area contributed by atoms with Gasteiger partial charge in [0.25, 0.3) is 0 Å². The number of halogens is 2. The van der Waals surface area contributed by atoms with Gasteiger partial charge >= 0.3 is 0 Å². The fraction of sp³-hybridized carbons (Fsp3) is 0.458. The van der Waals surface area contributed by atoms with E-state index in [4.69, 9.17) is 0 Å². The largest absolute Gasteiger partial charge is 0.302 e. The van der Waals surface area contributed by atoms with E-state index in [0.717, 1.165) is 45.2 Å². The Kier molecular flexibility index (Phi) is 6.80. The predicted octanol–water partition coefficient (Wildman–Crippen LogP) is 5.83. The first-order chi connectivity index (χ1) is 13.6. The highest BCUT2D eigenvalue weighted by Crippen LogP contribution is 2.46. The van der Waals surface area contributed by atoms with E-state index in [-0.39, 0.29) is 11.5 Å². The molecular weight excluding hydrogens is 354 g/mol. The minimum atomic E-state index is -1.08. The third-order valence-electron chi connectivity index (χ3n) is 6.07. The molecule has 4 heteroatoms. The number of benzene rings is 2. The van der Waals surface area contributed by atoms with E-state index >= 15 is 0 Å². The molecular formula is C24H28F2N2. The van der Waals surface area contributed by atoms with Crippen molar-refractivity contribution in [1.82, 2.24) is 4.90 Å². The summed E-state index contributed by atoms with van der Waals surface area (Å²) in [6, 6.07) is 16.5. The normalized spacial score (nSPS) is 16.8. The van der Waals surface area contributed by atoms with Gasteiger partial charge in [0, 0.05) is 12.1 Å². The lowest BCUT2D eigenvalue weighted by Gasteiger charge is -2.34. The van der Waals surface area contributed by atoms with Gasteiger partial charge in [-0.2, -0.15) is 5.26 Å². The molecule has 0 aromatic heterocycles. The molecule has 1 saturated carbocycles. The van der Waals surface area contributed by atoms with Crippen LogP contribution in [0.25, 0.3) is 0 Å². The second-order valence-corrected chi connectivity index (χ2v) is 7.99. The van der Waals surface area contributed by atoms with Crippen LogP contribution in [0.5, 0.6) is 0 Å². The van der Waals surface area contributed by atoms with E-state index in [1.54, 1.807) is 0 Å². The number of nitriles is 1. The standard InChI is InChI=1S/C24H28F2N2/c1-28(17-19-9-3-2-4-10-19)16-8-15-24(18-27,20-11-5-6-12-20)23-21(25)13-7-14-22(23)26/h2-4,7,9-10,13-14,20H,5-6,8,11-12,15-17H2,1H3. The molecule has 2 aromatic carbocycles. The minimum Gasteiger partial charge on any atom is -0.302 e. The van der Waals surface area contributed by atoms with E-state index in [0.29, 0.717) is 6.42 Å². The summed E-state index contributed by atoms with van der Waals surface area (Å²) in [4.78, 5) is 2.20. The summed E-state index contributed by atoms with van der Waals surface area (Å²) in [5, 5.41) is 10.1. The van der Waals surface area contributed by atoms with Crippen LogP contribution < -0.4 is 0 Å². The molecule has 0 heterocycles. The second kappa shape index (κ2) is 9.30. The molecule has 1 unspecified atom stereocenters. The van der Waals surface area contributed by atoms with Crippen LogP contribution in [-0.4, -0.2) is 18.5 Å². The van der Waals surface area contributed by atoms with Crippen LogP contribution in [0.15, 0.2) is 48.5 Å². The van der Waals surface area contributed by atoms with Crippen LogP contribution in [0, 0.1) is 28.9 Å². The third kappa shape index (κ3) is 4.42. The lowest BCUT2D eigenvalue weighted by atomic mass is 9.67. The van der Waals surface area contributed by atoms with Gasteiger partial charge in [-0.25, -0.2) is 8.78 Å². The van der Waals surface area contributed by atoms with Crippen molar-refractivity contribution in [3.8, 4) is 6.07 Å². The Bertz CT molecular complexity index is 789.